The monoisotopic (exact) mass is 454 g/mol. The van der Waals surface area contributed by atoms with Crippen LogP contribution in [0.1, 0.15) is 89.5 Å². The van der Waals surface area contributed by atoms with E-state index in [9.17, 15) is 0 Å². The topological polar surface area (TPSA) is 70.5 Å². The van der Waals surface area contributed by atoms with E-state index in [-0.39, 0.29) is 6.29 Å². The molecule has 1 aromatic rings. The number of nitrogens with two attached hydrogens (primary N) is 2. The van der Waals surface area contributed by atoms with Gasteiger partial charge in [-0.1, -0.05) is 38.8 Å². The van der Waals surface area contributed by atoms with E-state index >= 15 is 0 Å². The maximum absolute atomic E-state index is 6.20. The highest BCUT2D eigenvalue weighted by atomic mass is 16.7. The Balaban J connectivity index is 1.15. The van der Waals surface area contributed by atoms with Gasteiger partial charge >= 0.3 is 0 Å². The molecule has 4 rings (SSSR count). The highest BCUT2D eigenvalue weighted by Gasteiger charge is 2.32. The zero-order chi connectivity index (χ0) is 23.2. The maximum atomic E-state index is 6.20. The molecule has 1 heterocycles. The first-order valence-electron chi connectivity index (χ1n) is 13.5. The van der Waals surface area contributed by atoms with Crippen molar-refractivity contribution in [2.45, 2.75) is 90.3 Å². The number of allylic oxidation sites excluding steroid dienone is 1. The van der Waals surface area contributed by atoms with Crippen LogP contribution in [-0.4, -0.2) is 19.5 Å². The van der Waals surface area contributed by atoms with Gasteiger partial charge in [-0.2, -0.15) is 0 Å². The molecule has 3 fully saturated rings. The first kappa shape index (κ1) is 24.6. The van der Waals surface area contributed by atoms with Crippen LogP contribution in [0.2, 0.25) is 0 Å². The molecular formula is C29H46N2O2. The molecule has 184 valence electrons. The first-order chi connectivity index (χ1) is 16.0. The van der Waals surface area contributed by atoms with Crippen LogP contribution in [0.5, 0.6) is 0 Å². The second kappa shape index (κ2) is 11.8. The average molecular weight is 455 g/mol. The van der Waals surface area contributed by atoms with Gasteiger partial charge < -0.3 is 20.9 Å². The van der Waals surface area contributed by atoms with Crippen LogP contribution >= 0.6 is 0 Å². The minimum absolute atomic E-state index is 0.0295. The summed E-state index contributed by atoms with van der Waals surface area (Å²) in [5, 5.41) is 0. The fourth-order valence-electron chi connectivity index (χ4n) is 6.13. The van der Waals surface area contributed by atoms with Gasteiger partial charge in [0.1, 0.15) is 0 Å². The summed E-state index contributed by atoms with van der Waals surface area (Å²) in [6, 6.07) is 6.04. The lowest BCUT2D eigenvalue weighted by molar-refractivity contribution is -0.223. The lowest BCUT2D eigenvalue weighted by Crippen LogP contribution is -2.38. The van der Waals surface area contributed by atoms with Crippen LogP contribution in [0.15, 0.2) is 30.4 Å². The van der Waals surface area contributed by atoms with E-state index in [2.05, 4.69) is 38.1 Å². The molecule has 4 heteroatoms. The van der Waals surface area contributed by atoms with Crippen LogP contribution in [-0.2, 0) is 9.47 Å². The molecule has 4 nitrogen and oxygen atoms in total. The number of ether oxygens (including phenoxy) is 2. The van der Waals surface area contributed by atoms with Gasteiger partial charge in [0.2, 0.25) is 0 Å². The van der Waals surface area contributed by atoms with E-state index in [1.165, 1.54) is 69.8 Å². The van der Waals surface area contributed by atoms with E-state index < -0.39 is 0 Å². The number of rotatable bonds is 7. The van der Waals surface area contributed by atoms with E-state index in [1.54, 1.807) is 0 Å². The Kier molecular flexibility index (Phi) is 8.76. The van der Waals surface area contributed by atoms with Gasteiger partial charge in [-0.15, -0.1) is 0 Å². The van der Waals surface area contributed by atoms with E-state index in [1.807, 2.05) is 6.07 Å². The van der Waals surface area contributed by atoms with Gasteiger partial charge in [0.15, 0.2) is 6.29 Å². The summed E-state index contributed by atoms with van der Waals surface area (Å²) in [5.41, 5.74) is 14.9. The van der Waals surface area contributed by atoms with Gasteiger partial charge in [-0.05, 0) is 98.8 Å². The number of nitrogen functional groups attached to an aromatic ring is 2. The standard InChI is InChI=1S/C29H46N2O2/c1-20(2)3-4-21-9-13-25(14-10-21)29-32-18-23(19-33-29)6-5-22-7-11-24(12-8-22)26-15-27(30)17-28(31)16-26/h5-6,15-17,20-25,29H,3-4,7-14,18-19,30-31H2,1-2H3. The molecule has 1 aliphatic heterocycles. The summed E-state index contributed by atoms with van der Waals surface area (Å²) in [6.45, 7) is 6.30. The van der Waals surface area contributed by atoms with Crippen molar-refractivity contribution in [1.29, 1.82) is 0 Å². The Morgan fingerprint density at radius 2 is 1.42 bits per heavy atom. The summed E-state index contributed by atoms with van der Waals surface area (Å²) in [5.74, 6) is 4.00. The molecule has 0 atom stereocenters. The van der Waals surface area contributed by atoms with Crippen molar-refractivity contribution in [2.24, 2.45) is 29.6 Å². The molecule has 1 aromatic carbocycles. The summed E-state index contributed by atoms with van der Waals surface area (Å²) < 4.78 is 12.4. The van der Waals surface area contributed by atoms with Gasteiger partial charge in [0, 0.05) is 23.2 Å². The normalized spacial score (nSPS) is 33.5. The van der Waals surface area contributed by atoms with Crippen molar-refractivity contribution in [3.63, 3.8) is 0 Å². The number of hydrogen-bond acceptors (Lipinski definition) is 4. The van der Waals surface area contributed by atoms with Crippen molar-refractivity contribution in [1.82, 2.24) is 0 Å². The summed E-state index contributed by atoms with van der Waals surface area (Å²) >= 11 is 0. The Bertz CT molecular complexity index is 733. The van der Waals surface area contributed by atoms with Crippen molar-refractivity contribution < 1.29 is 9.47 Å². The quantitative estimate of drug-likeness (QED) is 0.347. The molecule has 1 saturated heterocycles. The number of anilines is 2. The summed E-state index contributed by atoms with van der Waals surface area (Å²) in [4.78, 5) is 0. The number of benzene rings is 1. The molecule has 2 aliphatic carbocycles. The fourth-order valence-corrected chi connectivity index (χ4v) is 6.13. The Hall–Kier alpha value is -1.52. The van der Waals surface area contributed by atoms with Gasteiger partial charge in [-0.3, -0.25) is 0 Å². The van der Waals surface area contributed by atoms with E-state index in [0.29, 0.717) is 23.7 Å². The molecule has 0 unspecified atom stereocenters. The molecular weight excluding hydrogens is 408 g/mol. The zero-order valence-corrected chi connectivity index (χ0v) is 20.9. The Morgan fingerprint density at radius 1 is 0.818 bits per heavy atom. The van der Waals surface area contributed by atoms with Gasteiger partial charge in [-0.25, -0.2) is 0 Å². The van der Waals surface area contributed by atoms with Crippen molar-refractivity contribution in [3.8, 4) is 0 Å². The van der Waals surface area contributed by atoms with Crippen molar-refractivity contribution in [3.05, 3.63) is 35.9 Å². The molecule has 0 aromatic heterocycles. The third-order valence-electron chi connectivity index (χ3n) is 8.28. The molecule has 4 N–H and O–H groups in total. The van der Waals surface area contributed by atoms with E-state index in [4.69, 9.17) is 20.9 Å². The first-order valence-corrected chi connectivity index (χ1v) is 13.5. The predicted molar refractivity (Wildman–Crippen MR) is 138 cm³/mol. The third-order valence-corrected chi connectivity index (χ3v) is 8.28. The molecule has 0 radical (unpaired) electrons. The van der Waals surface area contributed by atoms with Crippen LogP contribution in [0.25, 0.3) is 0 Å². The minimum atomic E-state index is 0.0295. The summed E-state index contributed by atoms with van der Waals surface area (Å²) in [7, 11) is 0. The smallest absolute Gasteiger partial charge is 0.160 e. The van der Waals surface area contributed by atoms with Crippen molar-refractivity contribution in [2.75, 3.05) is 24.7 Å². The van der Waals surface area contributed by atoms with Gasteiger partial charge in [0.05, 0.1) is 13.2 Å². The lowest BCUT2D eigenvalue weighted by atomic mass is 9.78. The lowest BCUT2D eigenvalue weighted by Gasteiger charge is -2.37. The highest BCUT2D eigenvalue weighted by molar-refractivity contribution is 5.55. The van der Waals surface area contributed by atoms with Gasteiger partial charge in [0.25, 0.3) is 0 Å². The average Bonchev–Trinajstić information content (AvgIpc) is 2.82. The second-order valence-corrected chi connectivity index (χ2v) is 11.5. The van der Waals surface area contributed by atoms with E-state index in [0.717, 1.165) is 36.4 Å². The predicted octanol–water partition coefficient (Wildman–Crippen LogP) is 6.91. The minimum Gasteiger partial charge on any atom is -0.399 e. The molecule has 0 spiro atoms. The summed E-state index contributed by atoms with van der Waals surface area (Å²) in [6.07, 6.45) is 17.7. The third kappa shape index (κ3) is 7.23. The second-order valence-electron chi connectivity index (χ2n) is 11.5. The largest absolute Gasteiger partial charge is 0.399 e. The highest BCUT2D eigenvalue weighted by Crippen LogP contribution is 2.39. The number of hydrogen-bond donors (Lipinski definition) is 2. The Morgan fingerprint density at radius 3 is 2.03 bits per heavy atom. The molecule has 33 heavy (non-hydrogen) atoms. The van der Waals surface area contributed by atoms with Crippen LogP contribution in [0.4, 0.5) is 11.4 Å². The fraction of sp³-hybridized carbons (Fsp3) is 0.724. The molecule has 0 amide bonds. The molecule has 0 bridgehead atoms. The molecule has 2 saturated carbocycles. The van der Waals surface area contributed by atoms with Crippen LogP contribution in [0.3, 0.4) is 0 Å². The maximum Gasteiger partial charge on any atom is 0.160 e. The van der Waals surface area contributed by atoms with Crippen LogP contribution in [0, 0.1) is 29.6 Å². The van der Waals surface area contributed by atoms with Crippen LogP contribution < -0.4 is 11.5 Å². The van der Waals surface area contributed by atoms with Crippen molar-refractivity contribution >= 4 is 11.4 Å². The zero-order valence-electron chi connectivity index (χ0n) is 20.9. The Labute approximate surface area is 201 Å². The SMILES string of the molecule is CC(C)CCC1CCC(C2OCC(C=CC3CCC(c4cc(N)cc(N)c4)CC3)CO2)CC1. The molecule has 3 aliphatic rings.